The summed E-state index contributed by atoms with van der Waals surface area (Å²) in [6.07, 6.45) is 3.47. The van der Waals surface area contributed by atoms with Crippen molar-refractivity contribution in [1.82, 2.24) is 24.4 Å². The minimum atomic E-state index is -3.39. The Morgan fingerprint density at radius 3 is 2.81 bits per heavy atom. The van der Waals surface area contributed by atoms with Gasteiger partial charge >= 0.3 is 0 Å². The van der Waals surface area contributed by atoms with Crippen LogP contribution < -0.4 is 5.32 Å². The molecule has 0 radical (unpaired) electrons. The second-order valence-corrected chi connectivity index (χ2v) is 9.10. The molecule has 140 valence electrons. The third-order valence-corrected chi connectivity index (χ3v) is 6.61. The number of nitrogens with one attached hydrogen (secondary N) is 1. The molecule has 8 nitrogen and oxygen atoms in total. The molecule has 26 heavy (non-hydrogen) atoms. The number of carbonyl (C=O) groups excluding carboxylic acids is 1. The van der Waals surface area contributed by atoms with Crippen LogP contribution >= 0.6 is 0 Å². The highest BCUT2D eigenvalue weighted by atomic mass is 32.2. The van der Waals surface area contributed by atoms with Crippen LogP contribution in [0.3, 0.4) is 0 Å². The van der Waals surface area contributed by atoms with Crippen LogP contribution in [0, 0.1) is 0 Å². The molecule has 2 aromatic rings. The van der Waals surface area contributed by atoms with Crippen molar-refractivity contribution in [3.63, 3.8) is 0 Å². The Bertz CT molecular complexity index is 864. The van der Waals surface area contributed by atoms with Crippen molar-refractivity contribution in [2.45, 2.75) is 44.6 Å². The van der Waals surface area contributed by atoms with E-state index in [1.165, 1.54) is 4.31 Å². The van der Waals surface area contributed by atoms with E-state index in [2.05, 4.69) is 15.4 Å². The summed E-state index contributed by atoms with van der Waals surface area (Å²) in [4.78, 5) is 16.5. The van der Waals surface area contributed by atoms with Crippen LogP contribution in [0.5, 0.6) is 0 Å². The van der Waals surface area contributed by atoms with E-state index in [0.717, 1.165) is 11.4 Å². The normalized spacial score (nSPS) is 17.9. The van der Waals surface area contributed by atoms with Crippen LogP contribution in [0.1, 0.15) is 37.7 Å². The smallest absolute Gasteiger partial charge is 0.222 e. The quantitative estimate of drug-likeness (QED) is 0.812. The number of pyridine rings is 1. The van der Waals surface area contributed by atoms with Gasteiger partial charge in [-0.25, -0.2) is 8.42 Å². The molecule has 0 saturated heterocycles. The summed E-state index contributed by atoms with van der Waals surface area (Å²) in [7, 11) is -3.39. The van der Waals surface area contributed by atoms with Gasteiger partial charge in [-0.2, -0.15) is 9.40 Å². The van der Waals surface area contributed by atoms with Gasteiger partial charge in [0.05, 0.1) is 42.2 Å². The van der Waals surface area contributed by atoms with Crippen molar-refractivity contribution >= 4 is 15.9 Å². The number of hydrogen-bond donors (Lipinski definition) is 1. The van der Waals surface area contributed by atoms with E-state index in [9.17, 15) is 13.2 Å². The standard InChI is InChI=1S/C17H23N5O3S/c1-13(2)26(24,25)21-11-15-6-8-20-22(15)16(12-21)9-17(23)19-10-14-5-3-4-7-18-14/h3-8,13,16H,9-12H2,1-2H3,(H,19,23)/t16-/m0/s1. The van der Waals surface area contributed by atoms with Crippen molar-refractivity contribution < 1.29 is 13.2 Å². The largest absolute Gasteiger partial charge is 0.350 e. The average molecular weight is 377 g/mol. The number of sulfonamides is 1. The Labute approximate surface area is 153 Å². The Kier molecular flexibility index (Phi) is 5.38. The number of fused-ring (bicyclic) bond motifs is 1. The molecule has 0 unspecified atom stereocenters. The lowest BCUT2D eigenvalue weighted by Crippen LogP contribution is -2.45. The first-order valence-corrected chi connectivity index (χ1v) is 10.1. The molecule has 2 aromatic heterocycles. The first-order valence-electron chi connectivity index (χ1n) is 8.56. The molecule has 0 bridgehead atoms. The van der Waals surface area contributed by atoms with Crippen molar-refractivity contribution in [1.29, 1.82) is 0 Å². The number of rotatable bonds is 6. The van der Waals surface area contributed by atoms with E-state index in [-0.39, 0.29) is 31.5 Å². The molecule has 1 atom stereocenters. The Morgan fingerprint density at radius 1 is 1.31 bits per heavy atom. The van der Waals surface area contributed by atoms with Crippen molar-refractivity contribution in [2.75, 3.05) is 6.54 Å². The molecule has 0 fully saturated rings. The molecule has 1 aliphatic rings. The summed E-state index contributed by atoms with van der Waals surface area (Å²) >= 11 is 0. The van der Waals surface area contributed by atoms with Crippen LogP contribution in [0.2, 0.25) is 0 Å². The molecular weight excluding hydrogens is 354 g/mol. The highest BCUT2D eigenvalue weighted by Gasteiger charge is 2.35. The molecule has 0 aliphatic carbocycles. The zero-order valence-electron chi connectivity index (χ0n) is 14.9. The van der Waals surface area contributed by atoms with Crippen LogP contribution in [0.4, 0.5) is 0 Å². The highest BCUT2D eigenvalue weighted by Crippen LogP contribution is 2.26. The van der Waals surface area contributed by atoms with Gasteiger partial charge in [-0.15, -0.1) is 0 Å². The number of nitrogens with zero attached hydrogens (tertiary/aromatic N) is 4. The summed E-state index contributed by atoms with van der Waals surface area (Å²) in [6.45, 7) is 4.19. The van der Waals surface area contributed by atoms with Gasteiger partial charge in [-0.1, -0.05) is 6.07 Å². The maximum atomic E-state index is 12.5. The van der Waals surface area contributed by atoms with Gasteiger partial charge in [0.15, 0.2) is 0 Å². The minimum absolute atomic E-state index is 0.158. The summed E-state index contributed by atoms with van der Waals surface area (Å²) < 4.78 is 28.3. The van der Waals surface area contributed by atoms with Crippen LogP contribution in [-0.4, -0.2) is 45.2 Å². The lowest BCUT2D eigenvalue weighted by atomic mass is 10.1. The molecule has 3 heterocycles. The molecule has 0 aromatic carbocycles. The van der Waals surface area contributed by atoms with Crippen LogP contribution in [-0.2, 0) is 27.9 Å². The van der Waals surface area contributed by atoms with Crippen molar-refractivity contribution in [2.24, 2.45) is 0 Å². The van der Waals surface area contributed by atoms with E-state index >= 15 is 0 Å². The number of hydrogen-bond acceptors (Lipinski definition) is 5. The van der Waals surface area contributed by atoms with Crippen molar-refractivity contribution in [3.8, 4) is 0 Å². The molecule has 1 aliphatic heterocycles. The zero-order chi connectivity index (χ0) is 18.7. The van der Waals surface area contributed by atoms with Crippen LogP contribution in [0.15, 0.2) is 36.7 Å². The third-order valence-electron chi connectivity index (χ3n) is 4.42. The second kappa shape index (κ2) is 7.55. The number of amides is 1. The molecule has 3 rings (SSSR count). The zero-order valence-corrected chi connectivity index (χ0v) is 15.7. The predicted octanol–water partition coefficient (Wildman–Crippen LogP) is 1.08. The minimum Gasteiger partial charge on any atom is -0.350 e. The lowest BCUT2D eigenvalue weighted by molar-refractivity contribution is -0.122. The molecule has 0 saturated carbocycles. The maximum absolute atomic E-state index is 12.5. The fraction of sp³-hybridized carbons (Fsp3) is 0.471. The van der Waals surface area contributed by atoms with Gasteiger partial charge in [-0.3, -0.25) is 14.5 Å². The van der Waals surface area contributed by atoms with E-state index in [0.29, 0.717) is 6.54 Å². The van der Waals surface area contributed by atoms with Gasteiger partial charge in [0, 0.05) is 18.9 Å². The van der Waals surface area contributed by atoms with Gasteiger partial charge in [0.25, 0.3) is 0 Å². The molecule has 9 heteroatoms. The average Bonchev–Trinajstić information content (AvgIpc) is 3.09. The fourth-order valence-corrected chi connectivity index (χ4v) is 4.26. The maximum Gasteiger partial charge on any atom is 0.222 e. The molecular formula is C17H23N5O3S. The number of aromatic nitrogens is 3. The summed E-state index contributed by atoms with van der Waals surface area (Å²) in [5.41, 5.74) is 1.57. The topological polar surface area (TPSA) is 97.2 Å². The summed E-state index contributed by atoms with van der Waals surface area (Å²) in [5.74, 6) is -0.161. The first-order chi connectivity index (χ1) is 12.4. The van der Waals surface area contributed by atoms with Gasteiger partial charge in [0.2, 0.25) is 15.9 Å². The Balaban J connectivity index is 1.69. The van der Waals surface area contributed by atoms with Gasteiger partial charge in [-0.05, 0) is 32.0 Å². The lowest BCUT2D eigenvalue weighted by Gasteiger charge is -2.33. The van der Waals surface area contributed by atoms with Crippen LogP contribution in [0.25, 0.3) is 0 Å². The summed E-state index contributed by atoms with van der Waals surface area (Å²) in [5, 5.41) is 6.60. The number of carbonyl (C=O) groups is 1. The predicted molar refractivity (Wildman–Crippen MR) is 96.4 cm³/mol. The molecule has 0 spiro atoms. The summed E-state index contributed by atoms with van der Waals surface area (Å²) in [6, 6.07) is 6.98. The van der Waals surface area contributed by atoms with Crippen molar-refractivity contribution in [3.05, 3.63) is 48.0 Å². The van der Waals surface area contributed by atoms with E-state index < -0.39 is 15.3 Å². The Hall–Kier alpha value is -2.26. The first kappa shape index (κ1) is 18.5. The van der Waals surface area contributed by atoms with Gasteiger partial charge in [0.1, 0.15) is 0 Å². The SMILES string of the molecule is CC(C)S(=O)(=O)N1Cc2ccnn2[C@@H](CC(=O)NCc2ccccn2)C1. The fourth-order valence-electron chi connectivity index (χ4n) is 2.97. The Morgan fingerprint density at radius 2 is 2.12 bits per heavy atom. The highest BCUT2D eigenvalue weighted by molar-refractivity contribution is 7.89. The molecule has 1 amide bonds. The monoisotopic (exact) mass is 377 g/mol. The van der Waals surface area contributed by atoms with E-state index in [4.69, 9.17) is 0 Å². The van der Waals surface area contributed by atoms with E-state index in [1.54, 1.807) is 37.0 Å². The van der Waals surface area contributed by atoms with Gasteiger partial charge < -0.3 is 5.32 Å². The third kappa shape index (κ3) is 3.94. The molecule has 1 N–H and O–H groups in total. The second-order valence-electron chi connectivity index (χ2n) is 6.61. The van der Waals surface area contributed by atoms with E-state index in [1.807, 2.05) is 18.2 Å².